The SMILES string of the molecule is CC/C=C(/F)CCF. The van der Waals surface area contributed by atoms with Gasteiger partial charge in [0.2, 0.25) is 0 Å². The molecule has 48 valence electrons. The third kappa shape index (κ3) is 3.78. The normalized spacial score (nSPS) is 12.1. The van der Waals surface area contributed by atoms with E-state index in [0.717, 1.165) is 0 Å². The summed E-state index contributed by atoms with van der Waals surface area (Å²) in [5.74, 6) is -0.338. The summed E-state index contributed by atoms with van der Waals surface area (Å²) < 4.78 is 23.3. The quantitative estimate of drug-likeness (QED) is 0.537. The Morgan fingerprint density at radius 1 is 1.62 bits per heavy atom. The van der Waals surface area contributed by atoms with Gasteiger partial charge >= 0.3 is 0 Å². The molecule has 0 atom stereocenters. The lowest BCUT2D eigenvalue weighted by Crippen LogP contribution is -1.75. The van der Waals surface area contributed by atoms with E-state index in [9.17, 15) is 8.78 Å². The van der Waals surface area contributed by atoms with Crippen molar-refractivity contribution in [2.24, 2.45) is 0 Å². The van der Waals surface area contributed by atoms with Crippen molar-refractivity contribution in [3.05, 3.63) is 11.9 Å². The Bertz CT molecular complexity index is 76.6. The third-order valence-electron chi connectivity index (χ3n) is 0.759. The van der Waals surface area contributed by atoms with Gasteiger partial charge in [0.25, 0.3) is 0 Å². The first-order valence-electron chi connectivity index (χ1n) is 2.71. The molecule has 0 aliphatic rings. The molecule has 0 saturated heterocycles. The van der Waals surface area contributed by atoms with Crippen LogP contribution in [-0.4, -0.2) is 6.67 Å². The van der Waals surface area contributed by atoms with Crippen molar-refractivity contribution in [1.29, 1.82) is 0 Å². The Hall–Kier alpha value is -0.400. The molecule has 0 fully saturated rings. The van der Waals surface area contributed by atoms with E-state index in [4.69, 9.17) is 0 Å². The molecule has 0 aliphatic heterocycles. The highest BCUT2D eigenvalue weighted by atomic mass is 19.1. The summed E-state index contributed by atoms with van der Waals surface area (Å²) in [6.45, 7) is 1.22. The van der Waals surface area contributed by atoms with Crippen LogP contribution in [0.25, 0.3) is 0 Å². The largest absolute Gasteiger partial charge is 0.251 e. The summed E-state index contributed by atoms with van der Waals surface area (Å²) in [6, 6.07) is 0. The van der Waals surface area contributed by atoms with Crippen molar-refractivity contribution >= 4 is 0 Å². The van der Waals surface area contributed by atoms with Crippen LogP contribution in [0.5, 0.6) is 0 Å². The van der Waals surface area contributed by atoms with Gasteiger partial charge in [0.1, 0.15) is 0 Å². The van der Waals surface area contributed by atoms with Gasteiger partial charge in [-0.3, -0.25) is 4.39 Å². The Balaban J connectivity index is 3.29. The smallest absolute Gasteiger partial charge is 0.0985 e. The van der Waals surface area contributed by atoms with Gasteiger partial charge in [-0.05, 0) is 6.42 Å². The molecule has 0 saturated carbocycles. The molecule has 0 aromatic heterocycles. The average molecular weight is 120 g/mol. The van der Waals surface area contributed by atoms with Gasteiger partial charge < -0.3 is 0 Å². The standard InChI is InChI=1S/C6H10F2/c1-2-3-6(8)4-5-7/h3H,2,4-5H2,1H3/b6-3+. The van der Waals surface area contributed by atoms with Gasteiger partial charge in [0.15, 0.2) is 0 Å². The lowest BCUT2D eigenvalue weighted by molar-refractivity contribution is 0.454. The highest BCUT2D eigenvalue weighted by Gasteiger charge is 1.89. The Kier molecular flexibility index (Phi) is 4.51. The van der Waals surface area contributed by atoms with Crippen molar-refractivity contribution in [2.75, 3.05) is 6.67 Å². The second-order valence-electron chi connectivity index (χ2n) is 1.50. The van der Waals surface area contributed by atoms with Gasteiger partial charge in [-0.1, -0.05) is 13.0 Å². The zero-order chi connectivity index (χ0) is 6.41. The van der Waals surface area contributed by atoms with E-state index in [-0.39, 0.29) is 12.2 Å². The minimum absolute atomic E-state index is 0.0617. The summed E-state index contributed by atoms with van der Waals surface area (Å²) in [5, 5.41) is 0. The van der Waals surface area contributed by atoms with Crippen LogP contribution in [0.2, 0.25) is 0 Å². The molecule has 0 nitrogen and oxygen atoms in total. The van der Waals surface area contributed by atoms with Crippen molar-refractivity contribution in [3.63, 3.8) is 0 Å². The molecule has 0 bridgehead atoms. The molecular weight excluding hydrogens is 110 g/mol. The van der Waals surface area contributed by atoms with Crippen molar-refractivity contribution < 1.29 is 8.78 Å². The average Bonchev–Trinajstić information content (AvgIpc) is 1.68. The van der Waals surface area contributed by atoms with Gasteiger partial charge in [-0.15, -0.1) is 0 Å². The molecule has 0 rings (SSSR count). The Morgan fingerprint density at radius 2 is 2.25 bits per heavy atom. The highest BCUT2D eigenvalue weighted by molar-refractivity contribution is 4.89. The fraction of sp³-hybridized carbons (Fsp3) is 0.667. The van der Waals surface area contributed by atoms with Gasteiger partial charge in [-0.25, -0.2) is 4.39 Å². The van der Waals surface area contributed by atoms with E-state index in [1.54, 1.807) is 0 Å². The van der Waals surface area contributed by atoms with Crippen LogP contribution in [0.15, 0.2) is 11.9 Å². The molecule has 0 aliphatic carbocycles. The van der Waals surface area contributed by atoms with Crippen LogP contribution in [-0.2, 0) is 0 Å². The topological polar surface area (TPSA) is 0 Å². The van der Waals surface area contributed by atoms with E-state index >= 15 is 0 Å². The molecule has 0 amide bonds. The van der Waals surface area contributed by atoms with E-state index in [2.05, 4.69) is 0 Å². The molecule has 0 heterocycles. The van der Waals surface area contributed by atoms with Crippen LogP contribution in [0.1, 0.15) is 19.8 Å². The van der Waals surface area contributed by atoms with E-state index in [1.807, 2.05) is 6.92 Å². The summed E-state index contributed by atoms with van der Waals surface area (Å²) in [5.41, 5.74) is 0. The molecule has 0 radical (unpaired) electrons. The first kappa shape index (κ1) is 7.60. The number of rotatable bonds is 3. The molecule has 0 N–H and O–H groups in total. The monoisotopic (exact) mass is 120 g/mol. The number of hydrogen-bond donors (Lipinski definition) is 0. The van der Waals surface area contributed by atoms with Gasteiger partial charge in [0.05, 0.1) is 12.5 Å². The van der Waals surface area contributed by atoms with Crippen LogP contribution in [0.4, 0.5) is 8.78 Å². The van der Waals surface area contributed by atoms with E-state index < -0.39 is 6.67 Å². The third-order valence-corrected chi connectivity index (χ3v) is 0.759. The van der Waals surface area contributed by atoms with Crippen LogP contribution < -0.4 is 0 Å². The molecule has 8 heavy (non-hydrogen) atoms. The molecular formula is C6H10F2. The second-order valence-corrected chi connectivity index (χ2v) is 1.50. The lowest BCUT2D eigenvalue weighted by atomic mass is 10.3. The summed E-state index contributed by atoms with van der Waals surface area (Å²) >= 11 is 0. The van der Waals surface area contributed by atoms with Gasteiger partial charge in [0, 0.05) is 6.42 Å². The maximum Gasteiger partial charge on any atom is 0.0985 e. The first-order valence-corrected chi connectivity index (χ1v) is 2.71. The van der Waals surface area contributed by atoms with E-state index in [0.29, 0.717) is 6.42 Å². The number of alkyl halides is 1. The van der Waals surface area contributed by atoms with Crippen molar-refractivity contribution in [3.8, 4) is 0 Å². The van der Waals surface area contributed by atoms with E-state index in [1.165, 1.54) is 6.08 Å². The predicted octanol–water partition coefficient (Wildman–Crippen LogP) is 2.61. The van der Waals surface area contributed by atoms with Gasteiger partial charge in [-0.2, -0.15) is 0 Å². The lowest BCUT2D eigenvalue weighted by Gasteiger charge is -1.86. The fourth-order valence-corrected chi connectivity index (χ4v) is 0.414. The van der Waals surface area contributed by atoms with Crippen LogP contribution in [0.3, 0.4) is 0 Å². The molecule has 0 unspecified atom stereocenters. The number of allylic oxidation sites excluding steroid dienone is 2. The predicted molar refractivity (Wildman–Crippen MR) is 30.1 cm³/mol. The summed E-state index contributed by atoms with van der Waals surface area (Å²) in [6.07, 6.45) is 1.97. The maximum absolute atomic E-state index is 12.0. The number of halogens is 2. The molecule has 0 aromatic rings. The first-order chi connectivity index (χ1) is 3.81. The fourth-order valence-electron chi connectivity index (χ4n) is 0.414. The minimum Gasteiger partial charge on any atom is -0.251 e. The van der Waals surface area contributed by atoms with Crippen molar-refractivity contribution in [2.45, 2.75) is 19.8 Å². The second kappa shape index (κ2) is 4.75. The summed E-state index contributed by atoms with van der Waals surface area (Å²) in [7, 11) is 0. The molecule has 2 heteroatoms. The minimum atomic E-state index is -0.595. The van der Waals surface area contributed by atoms with Crippen LogP contribution >= 0.6 is 0 Å². The Morgan fingerprint density at radius 3 is 2.62 bits per heavy atom. The highest BCUT2D eigenvalue weighted by Crippen LogP contribution is 2.03. The molecule has 0 aromatic carbocycles. The maximum atomic E-state index is 12.0. The Labute approximate surface area is 48.2 Å². The number of hydrogen-bond acceptors (Lipinski definition) is 0. The van der Waals surface area contributed by atoms with Crippen molar-refractivity contribution in [1.82, 2.24) is 0 Å². The zero-order valence-corrected chi connectivity index (χ0v) is 4.95. The van der Waals surface area contributed by atoms with Crippen LogP contribution in [0, 0.1) is 0 Å². The summed E-state index contributed by atoms with van der Waals surface area (Å²) in [4.78, 5) is 0. The zero-order valence-electron chi connectivity index (χ0n) is 4.95. The molecule has 0 spiro atoms.